The first-order valence-electron chi connectivity index (χ1n) is 15.6. The minimum atomic E-state index is -0.446. The second-order valence-electron chi connectivity index (χ2n) is 12.0. The molecule has 9 rings (SSSR count). The number of para-hydroxylation sites is 1. The molecule has 1 heterocycles. The van der Waals surface area contributed by atoms with Gasteiger partial charge in [-0.1, -0.05) is 109 Å². The van der Waals surface area contributed by atoms with E-state index < -0.39 is 5.41 Å². The van der Waals surface area contributed by atoms with Crippen LogP contribution < -0.4 is 5.32 Å². The molecule has 1 N–H and O–H groups in total. The number of hydrogen-bond acceptors (Lipinski definition) is 1. The van der Waals surface area contributed by atoms with Gasteiger partial charge in [0.25, 0.3) is 0 Å². The molecule has 7 aromatic carbocycles. The zero-order valence-corrected chi connectivity index (χ0v) is 25.0. The highest BCUT2D eigenvalue weighted by Gasteiger charge is 2.46. The predicted molar refractivity (Wildman–Crippen MR) is 188 cm³/mol. The quantitative estimate of drug-likeness (QED) is 0.210. The number of fused-ring (bicyclic) bond motifs is 6. The molecule has 0 saturated heterocycles. The SMILES string of the molecule is Fc1ccc(-n2c3ccccc3c3cc(Nc4ccc5c(c4)C(c4ccccc4)(c4ccccc4)c4ccccc4-5)ccc32)cc1. The number of benzene rings is 7. The third-order valence-electron chi connectivity index (χ3n) is 9.50. The third kappa shape index (κ3) is 3.88. The van der Waals surface area contributed by atoms with Gasteiger partial charge in [0.05, 0.1) is 16.4 Å². The summed E-state index contributed by atoms with van der Waals surface area (Å²) in [6.45, 7) is 0. The minimum Gasteiger partial charge on any atom is -0.355 e. The number of nitrogens with one attached hydrogen (secondary N) is 1. The molecule has 3 heteroatoms. The van der Waals surface area contributed by atoms with Crippen LogP contribution in [0.3, 0.4) is 0 Å². The lowest BCUT2D eigenvalue weighted by Crippen LogP contribution is -2.28. The molecule has 0 spiro atoms. The van der Waals surface area contributed by atoms with Crippen molar-refractivity contribution >= 4 is 33.2 Å². The second kappa shape index (κ2) is 10.3. The number of hydrogen-bond donors (Lipinski definition) is 1. The van der Waals surface area contributed by atoms with Crippen LogP contribution in [0.25, 0.3) is 38.6 Å². The van der Waals surface area contributed by atoms with Gasteiger partial charge in [0.15, 0.2) is 0 Å². The Hall–Kier alpha value is -5.93. The molecule has 218 valence electrons. The molecule has 0 fully saturated rings. The van der Waals surface area contributed by atoms with E-state index in [1.54, 1.807) is 0 Å². The Kier molecular flexibility index (Phi) is 5.94. The Balaban J connectivity index is 1.21. The minimum absolute atomic E-state index is 0.239. The van der Waals surface area contributed by atoms with Crippen molar-refractivity contribution in [3.05, 3.63) is 198 Å². The molecule has 2 nitrogen and oxygen atoms in total. The van der Waals surface area contributed by atoms with Gasteiger partial charge in [-0.05, 0) is 94.0 Å². The van der Waals surface area contributed by atoms with E-state index in [2.05, 4.69) is 155 Å². The zero-order chi connectivity index (χ0) is 30.7. The number of nitrogens with zero attached hydrogens (tertiary/aromatic N) is 1. The van der Waals surface area contributed by atoms with Crippen LogP contribution in [-0.4, -0.2) is 4.57 Å². The predicted octanol–water partition coefficient (Wildman–Crippen LogP) is 11.0. The molecule has 0 atom stereocenters. The van der Waals surface area contributed by atoms with Crippen molar-refractivity contribution in [2.45, 2.75) is 5.41 Å². The number of aromatic nitrogens is 1. The van der Waals surface area contributed by atoms with Crippen LogP contribution in [0, 0.1) is 5.82 Å². The van der Waals surface area contributed by atoms with Crippen LogP contribution in [0.4, 0.5) is 15.8 Å². The average Bonchev–Trinajstić information content (AvgIpc) is 3.60. The van der Waals surface area contributed by atoms with Crippen LogP contribution in [0.1, 0.15) is 22.3 Å². The third-order valence-corrected chi connectivity index (χ3v) is 9.50. The summed E-state index contributed by atoms with van der Waals surface area (Å²) in [4.78, 5) is 0. The maximum atomic E-state index is 13.8. The van der Waals surface area contributed by atoms with E-state index in [9.17, 15) is 4.39 Å². The summed E-state index contributed by atoms with van der Waals surface area (Å²) in [5.74, 6) is -0.239. The standard InChI is InChI=1S/C43H29FN2/c44-31-19-23-34(24-20-31)46-41-18-10-8-16-37(41)38-27-32(22-26-42(38)46)45-33-21-25-36-35-15-7-9-17-39(35)43(40(36)28-33,29-11-3-1-4-12-29)30-13-5-2-6-14-30/h1-28,45H. The van der Waals surface area contributed by atoms with Crippen molar-refractivity contribution in [2.24, 2.45) is 0 Å². The zero-order valence-electron chi connectivity index (χ0n) is 25.0. The molecule has 0 amide bonds. The van der Waals surface area contributed by atoms with Crippen LogP contribution in [0.5, 0.6) is 0 Å². The fraction of sp³-hybridized carbons (Fsp3) is 0.0233. The van der Waals surface area contributed by atoms with Crippen molar-refractivity contribution < 1.29 is 4.39 Å². The van der Waals surface area contributed by atoms with E-state index in [1.165, 1.54) is 45.5 Å². The summed E-state index contributed by atoms with van der Waals surface area (Å²) in [7, 11) is 0. The fourth-order valence-corrected chi connectivity index (χ4v) is 7.61. The monoisotopic (exact) mass is 592 g/mol. The topological polar surface area (TPSA) is 17.0 Å². The molecule has 1 aliphatic carbocycles. The van der Waals surface area contributed by atoms with E-state index in [0.717, 1.165) is 38.9 Å². The van der Waals surface area contributed by atoms with Crippen molar-refractivity contribution in [3.8, 4) is 16.8 Å². The number of anilines is 2. The lowest BCUT2D eigenvalue weighted by molar-refractivity contribution is 0.627. The molecule has 1 aliphatic rings. The van der Waals surface area contributed by atoms with Crippen LogP contribution >= 0.6 is 0 Å². The van der Waals surface area contributed by atoms with Gasteiger partial charge in [0.2, 0.25) is 0 Å². The molecule has 46 heavy (non-hydrogen) atoms. The Morgan fingerprint density at radius 1 is 0.457 bits per heavy atom. The van der Waals surface area contributed by atoms with Gasteiger partial charge in [-0.15, -0.1) is 0 Å². The van der Waals surface area contributed by atoms with Crippen LogP contribution in [-0.2, 0) is 5.41 Å². The van der Waals surface area contributed by atoms with E-state index in [1.807, 2.05) is 12.1 Å². The van der Waals surface area contributed by atoms with Gasteiger partial charge in [0, 0.05) is 27.8 Å². The fourth-order valence-electron chi connectivity index (χ4n) is 7.61. The number of rotatable bonds is 5. The van der Waals surface area contributed by atoms with Gasteiger partial charge in [-0.3, -0.25) is 0 Å². The Morgan fingerprint density at radius 2 is 1.04 bits per heavy atom. The van der Waals surface area contributed by atoms with Gasteiger partial charge in [-0.25, -0.2) is 4.39 Å². The summed E-state index contributed by atoms with van der Waals surface area (Å²) in [5.41, 5.74) is 12.3. The molecule has 8 aromatic rings. The Bertz CT molecular complexity index is 2350. The van der Waals surface area contributed by atoms with E-state index >= 15 is 0 Å². The largest absolute Gasteiger partial charge is 0.355 e. The summed E-state index contributed by atoms with van der Waals surface area (Å²) >= 11 is 0. The lowest BCUT2D eigenvalue weighted by atomic mass is 9.67. The van der Waals surface area contributed by atoms with E-state index in [0.29, 0.717) is 0 Å². The highest BCUT2D eigenvalue weighted by Crippen LogP contribution is 2.56. The molecular weight excluding hydrogens is 563 g/mol. The molecule has 0 saturated carbocycles. The molecular formula is C43H29FN2. The summed E-state index contributed by atoms with van der Waals surface area (Å²) in [6, 6.07) is 59.0. The normalized spacial score (nSPS) is 13.1. The van der Waals surface area contributed by atoms with Gasteiger partial charge < -0.3 is 9.88 Å². The highest BCUT2D eigenvalue weighted by molar-refractivity contribution is 6.10. The maximum Gasteiger partial charge on any atom is 0.123 e. The molecule has 0 unspecified atom stereocenters. The second-order valence-corrected chi connectivity index (χ2v) is 12.0. The molecule has 0 radical (unpaired) electrons. The lowest BCUT2D eigenvalue weighted by Gasteiger charge is -2.34. The summed E-state index contributed by atoms with van der Waals surface area (Å²) in [6.07, 6.45) is 0. The van der Waals surface area contributed by atoms with E-state index in [4.69, 9.17) is 0 Å². The summed E-state index contributed by atoms with van der Waals surface area (Å²) < 4.78 is 16.0. The average molecular weight is 593 g/mol. The first kappa shape index (κ1) is 26.5. The maximum absolute atomic E-state index is 13.8. The first-order valence-corrected chi connectivity index (χ1v) is 15.6. The van der Waals surface area contributed by atoms with Crippen molar-refractivity contribution in [3.63, 3.8) is 0 Å². The number of halogens is 1. The first-order chi connectivity index (χ1) is 22.7. The summed E-state index contributed by atoms with van der Waals surface area (Å²) in [5, 5.41) is 6.05. The smallest absolute Gasteiger partial charge is 0.123 e. The highest BCUT2D eigenvalue weighted by atomic mass is 19.1. The molecule has 0 aliphatic heterocycles. The van der Waals surface area contributed by atoms with E-state index in [-0.39, 0.29) is 5.82 Å². The van der Waals surface area contributed by atoms with Crippen LogP contribution in [0.2, 0.25) is 0 Å². The van der Waals surface area contributed by atoms with Gasteiger partial charge >= 0.3 is 0 Å². The van der Waals surface area contributed by atoms with Gasteiger partial charge in [0.1, 0.15) is 5.82 Å². The Labute approximate surface area is 267 Å². The van der Waals surface area contributed by atoms with Crippen molar-refractivity contribution in [1.29, 1.82) is 0 Å². The molecule has 0 bridgehead atoms. The van der Waals surface area contributed by atoms with Crippen LogP contribution in [0.15, 0.2) is 170 Å². The van der Waals surface area contributed by atoms with Crippen molar-refractivity contribution in [2.75, 3.05) is 5.32 Å². The van der Waals surface area contributed by atoms with Crippen molar-refractivity contribution in [1.82, 2.24) is 4.57 Å². The molecule has 1 aromatic heterocycles. The van der Waals surface area contributed by atoms with Gasteiger partial charge in [-0.2, -0.15) is 0 Å². The Morgan fingerprint density at radius 3 is 1.80 bits per heavy atom.